The van der Waals surface area contributed by atoms with Crippen LogP contribution in [0.25, 0.3) is 75.3 Å². The number of furan rings is 1. The van der Waals surface area contributed by atoms with E-state index in [1.165, 1.54) is 42.1 Å². The van der Waals surface area contributed by atoms with Gasteiger partial charge >= 0.3 is 0 Å². The number of hydrogen-bond donors (Lipinski definition) is 0. The minimum Gasteiger partial charge on any atom is -0.456 e. The maximum Gasteiger partial charge on any atom is 0.135 e. The third-order valence-electron chi connectivity index (χ3n) is 9.50. The number of thiophene rings is 1. The lowest BCUT2D eigenvalue weighted by Gasteiger charge is -2.26. The van der Waals surface area contributed by atoms with Crippen molar-refractivity contribution < 1.29 is 4.42 Å². The van der Waals surface area contributed by atoms with E-state index in [0.717, 1.165) is 50.3 Å². The van der Waals surface area contributed by atoms with Gasteiger partial charge in [-0.25, -0.2) is 0 Å². The third-order valence-corrected chi connectivity index (χ3v) is 10.7. The zero-order valence-electron chi connectivity index (χ0n) is 26.4. The Hall–Kier alpha value is -6.23. The molecule has 0 fully saturated rings. The van der Waals surface area contributed by atoms with Crippen LogP contribution in [-0.2, 0) is 0 Å². The summed E-state index contributed by atoms with van der Waals surface area (Å²) in [5.74, 6) is 0. The zero-order valence-corrected chi connectivity index (χ0v) is 27.2. The predicted molar refractivity (Wildman–Crippen MR) is 207 cm³/mol. The molecule has 230 valence electrons. The van der Waals surface area contributed by atoms with Gasteiger partial charge in [0.15, 0.2) is 0 Å². The second-order valence-electron chi connectivity index (χ2n) is 12.4. The van der Waals surface area contributed by atoms with Gasteiger partial charge in [0.2, 0.25) is 0 Å². The minimum absolute atomic E-state index is 0.883. The summed E-state index contributed by atoms with van der Waals surface area (Å²) in [6.07, 6.45) is 2.04. The van der Waals surface area contributed by atoms with Gasteiger partial charge in [-0.05, 0) is 76.5 Å². The smallest absolute Gasteiger partial charge is 0.135 e. The largest absolute Gasteiger partial charge is 0.456 e. The number of anilines is 3. The molecule has 0 bridgehead atoms. The quantitative estimate of drug-likeness (QED) is 0.187. The number of para-hydroxylation sites is 1. The van der Waals surface area contributed by atoms with Crippen LogP contribution in [0.5, 0.6) is 0 Å². The van der Waals surface area contributed by atoms with Gasteiger partial charge in [-0.2, -0.15) is 0 Å². The van der Waals surface area contributed by atoms with Crippen LogP contribution in [0, 0.1) is 0 Å². The first kappa shape index (κ1) is 27.8. The monoisotopic (exact) mass is 644 g/mol. The van der Waals surface area contributed by atoms with Crippen LogP contribution in [-0.4, -0.2) is 4.98 Å². The molecule has 0 aliphatic rings. The Kier molecular flexibility index (Phi) is 6.36. The van der Waals surface area contributed by atoms with Crippen molar-refractivity contribution in [3.8, 4) is 22.4 Å². The minimum atomic E-state index is 0.883. The molecule has 0 aliphatic heterocycles. The highest BCUT2D eigenvalue weighted by Crippen LogP contribution is 2.42. The van der Waals surface area contributed by atoms with E-state index in [1.54, 1.807) is 0 Å². The van der Waals surface area contributed by atoms with E-state index in [0.29, 0.717) is 0 Å². The average molecular weight is 645 g/mol. The molecular weight excluding hydrogens is 617 g/mol. The first-order valence-corrected chi connectivity index (χ1v) is 17.3. The Morgan fingerprint density at radius 2 is 1.18 bits per heavy atom. The summed E-state index contributed by atoms with van der Waals surface area (Å²) in [6.45, 7) is 0. The number of rotatable bonds is 5. The van der Waals surface area contributed by atoms with Crippen LogP contribution in [0.4, 0.5) is 17.1 Å². The molecule has 3 heterocycles. The highest BCUT2D eigenvalue weighted by molar-refractivity contribution is 7.26. The summed E-state index contributed by atoms with van der Waals surface area (Å²) in [4.78, 5) is 7.28. The standard InChI is InChI=1S/C45H28N2OS/c1-2-9-29(10-3-1)32-12-8-13-34(25-32)47(35-22-24-43-39(26-35)37-15-6-7-16-42(37)48-43)33-20-17-31(18-21-33)41-27-44-40(28-46-41)38-23-19-30-11-4-5-14-36(30)45(38)49-44/h1-28H. The third kappa shape index (κ3) is 4.68. The lowest BCUT2D eigenvalue weighted by atomic mass is 10.0. The van der Waals surface area contributed by atoms with Gasteiger partial charge in [-0.1, -0.05) is 109 Å². The number of aromatic nitrogens is 1. The van der Waals surface area contributed by atoms with Crippen LogP contribution in [0.3, 0.4) is 0 Å². The first-order chi connectivity index (χ1) is 24.3. The van der Waals surface area contributed by atoms with Crippen molar-refractivity contribution >= 4 is 81.3 Å². The molecule has 0 saturated heterocycles. The van der Waals surface area contributed by atoms with Gasteiger partial charge in [0.25, 0.3) is 0 Å². The van der Waals surface area contributed by atoms with Crippen molar-refractivity contribution in [1.82, 2.24) is 4.98 Å². The Balaban J connectivity index is 1.09. The van der Waals surface area contributed by atoms with E-state index in [2.05, 4.69) is 157 Å². The van der Waals surface area contributed by atoms with E-state index in [9.17, 15) is 0 Å². The van der Waals surface area contributed by atoms with Crippen LogP contribution in [0.2, 0.25) is 0 Å². The van der Waals surface area contributed by atoms with Crippen molar-refractivity contribution in [1.29, 1.82) is 0 Å². The molecule has 0 N–H and O–H groups in total. The second kappa shape index (κ2) is 11.2. The fourth-order valence-electron chi connectivity index (χ4n) is 7.09. The Labute approximate surface area is 286 Å². The molecular formula is C45H28N2OS. The Morgan fingerprint density at radius 1 is 0.449 bits per heavy atom. The molecule has 0 unspecified atom stereocenters. The SMILES string of the molecule is c1ccc(-c2cccc(N(c3ccc(-c4cc5sc6c7ccccc7ccc6c5cn4)cc3)c3ccc4oc5ccccc5c4c3)c2)cc1. The van der Waals surface area contributed by atoms with Crippen LogP contribution >= 0.6 is 11.3 Å². The van der Waals surface area contributed by atoms with Gasteiger partial charge in [-0.3, -0.25) is 4.98 Å². The molecule has 0 atom stereocenters. The van der Waals surface area contributed by atoms with Crippen molar-refractivity contribution in [3.05, 3.63) is 170 Å². The van der Waals surface area contributed by atoms with Crippen molar-refractivity contribution in [2.75, 3.05) is 4.90 Å². The molecule has 49 heavy (non-hydrogen) atoms. The van der Waals surface area contributed by atoms with E-state index in [-0.39, 0.29) is 0 Å². The Morgan fingerprint density at radius 3 is 2.08 bits per heavy atom. The summed E-state index contributed by atoms with van der Waals surface area (Å²) in [5, 5.41) is 7.25. The fourth-order valence-corrected chi connectivity index (χ4v) is 8.34. The summed E-state index contributed by atoms with van der Waals surface area (Å²) in [5.41, 5.74) is 9.40. The normalized spacial score (nSPS) is 11.7. The molecule has 0 aliphatic carbocycles. The second-order valence-corrected chi connectivity index (χ2v) is 13.5. The van der Waals surface area contributed by atoms with Gasteiger partial charge in [-0.15, -0.1) is 11.3 Å². The van der Waals surface area contributed by atoms with Gasteiger partial charge in [0.05, 0.1) is 5.69 Å². The lowest BCUT2D eigenvalue weighted by Crippen LogP contribution is -2.10. The Bertz CT molecular complexity index is 2830. The van der Waals surface area contributed by atoms with Crippen molar-refractivity contribution in [2.24, 2.45) is 0 Å². The number of nitrogens with zero attached hydrogens (tertiary/aromatic N) is 2. The summed E-state index contributed by atoms with van der Waals surface area (Å²) in [7, 11) is 0. The number of hydrogen-bond acceptors (Lipinski definition) is 4. The maximum atomic E-state index is 6.19. The molecule has 0 spiro atoms. The molecule has 0 radical (unpaired) electrons. The van der Waals surface area contributed by atoms with E-state index in [4.69, 9.17) is 9.40 Å². The summed E-state index contributed by atoms with van der Waals surface area (Å²) >= 11 is 1.85. The maximum absolute atomic E-state index is 6.19. The molecule has 10 rings (SSSR count). The first-order valence-electron chi connectivity index (χ1n) is 16.4. The number of fused-ring (bicyclic) bond motifs is 8. The van der Waals surface area contributed by atoms with Gasteiger partial charge in [0.1, 0.15) is 11.2 Å². The zero-order chi connectivity index (χ0) is 32.3. The molecule has 0 saturated carbocycles. The van der Waals surface area contributed by atoms with Crippen LogP contribution in [0.1, 0.15) is 0 Å². The van der Waals surface area contributed by atoms with Gasteiger partial charge in [0, 0.05) is 59.8 Å². The van der Waals surface area contributed by atoms with Crippen LogP contribution < -0.4 is 4.90 Å². The van der Waals surface area contributed by atoms with E-state index in [1.807, 2.05) is 29.7 Å². The number of pyridine rings is 1. The highest BCUT2D eigenvalue weighted by Gasteiger charge is 2.17. The molecule has 7 aromatic carbocycles. The van der Waals surface area contributed by atoms with Crippen molar-refractivity contribution in [2.45, 2.75) is 0 Å². The van der Waals surface area contributed by atoms with Crippen LogP contribution in [0.15, 0.2) is 174 Å². The van der Waals surface area contributed by atoms with Crippen molar-refractivity contribution in [3.63, 3.8) is 0 Å². The van der Waals surface area contributed by atoms with E-state index < -0.39 is 0 Å². The highest BCUT2D eigenvalue weighted by atomic mass is 32.1. The molecule has 3 aromatic heterocycles. The summed E-state index contributed by atoms with van der Waals surface area (Å²) in [6, 6.07) is 58.1. The lowest BCUT2D eigenvalue weighted by molar-refractivity contribution is 0.669. The number of benzene rings is 7. The molecule has 0 amide bonds. The molecule has 4 heteroatoms. The topological polar surface area (TPSA) is 29.3 Å². The molecule has 3 nitrogen and oxygen atoms in total. The predicted octanol–water partition coefficient (Wildman–Crippen LogP) is 13.3. The van der Waals surface area contributed by atoms with Gasteiger partial charge < -0.3 is 9.32 Å². The average Bonchev–Trinajstić information content (AvgIpc) is 3.74. The molecule has 10 aromatic rings. The summed E-state index contributed by atoms with van der Waals surface area (Å²) < 4.78 is 8.75. The fraction of sp³-hybridized carbons (Fsp3) is 0. The van der Waals surface area contributed by atoms with E-state index >= 15 is 0 Å².